The first kappa shape index (κ1) is 26.3. The summed E-state index contributed by atoms with van der Waals surface area (Å²) in [5, 5.41) is 15.0. The zero-order valence-electron chi connectivity index (χ0n) is 20.9. The largest absolute Gasteiger partial charge is 0.343 e. The standard InChI is InChI=1S/C30H23ClF2N4O2/c1-18(20-3-4-22-13-23(31)6-5-21(22)12-20)10-19-2-7-27-26(11-19)25(8-9-35-27)29(39)36-16-28(38)37-17-30(32,33)14-24(37)15-34/h2-13,24H,14,16-17H2,1H3,(H,36,39)/b18-10+. The Balaban J connectivity index is 1.36. The number of amides is 2. The maximum atomic E-state index is 13.7. The third-order valence-electron chi connectivity index (χ3n) is 6.79. The van der Waals surface area contributed by atoms with Crippen LogP contribution in [0.1, 0.15) is 34.8 Å². The van der Waals surface area contributed by atoms with E-state index in [0.29, 0.717) is 21.5 Å². The molecule has 1 atom stereocenters. The van der Waals surface area contributed by atoms with Gasteiger partial charge in [-0.3, -0.25) is 14.6 Å². The fraction of sp³-hybridized carbons (Fsp3) is 0.200. The number of nitriles is 1. The number of fused-ring (bicyclic) bond motifs is 2. The van der Waals surface area contributed by atoms with Crippen LogP contribution in [0.2, 0.25) is 5.02 Å². The van der Waals surface area contributed by atoms with Crippen LogP contribution in [0.5, 0.6) is 0 Å². The molecule has 2 amide bonds. The molecule has 1 N–H and O–H groups in total. The molecule has 9 heteroatoms. The molecule has 1 aliphatic heterocycles. The average Bonchev–Trinajstić information content (AvgIpc) is 3.25. The Morgan fingerprint density at radius 2 is 1.92 bits per heavy atom. The number of hydrogen-bond acceptors (Lipinski definition) is 4. The van der Waals surface area contributed by atoms with E-state index in [2.05, 4.69) is 16.4 Å². The van der Waals surface area contributed by atoms with Gasteiger partial charge in [0.05, 0.1) is 30.2 Å². The van der Waals surface area contributed by atoms with Crippen molar-refractivity contribution in [1.29, 1.82) is 5.26 Å². The summed E-state index contributed by atoms with van der Waals surface area (Å²) in [6.07, 6.45) is 2.79. The summed E-state index contributed by atoms with van der Waals surface area (Å²) in [5.41, 5.74) is 3.80. The fourth-order valence-electron chi connectivity index (χ4n) is 4.79. The van der Waals surface area contributed by atoms with E-state index in [1.54, 1.807) is 12.1 Å². The minimum atomic E-state index is -3.12. The Bertz CT molecular complexity index is 1700. The lowest BCUT2D eigenvalue weighted by molar-refractivity contribution is -0.131. The summed E-state index contributed by atoms with van der Waals surface area (Å²) in [7, 11) is 0. The highest BCUT2D eigenvalue weighted by Gasteiger charge is 2.47. The number of alkyl halides is 2. The molecule has 1 aliphatic rings. The van der Waals surface area contributed by atoms with Gasteiger partial charge in [0.25, 0.3) is 11.8 Å². The van der Waals surface area contributed by atoms with Crippen LogP contribution in [0.3, 0.4) is 0 Å². The Hall–Kier alpha value is -4.35. The predicted molar refractivity (Wildman–Crippen MR) is 147 cm³/mol. The van der Waals surface area contributed by atoms with Crippen LogP contribution in [-0.2, 0) is 4.79 Å². The van der Waals surface area contributed by atoms with E-state index in [9.17, 15) is 18.4 Å². The molecule has 196 valence electrons. The van der Waals surface area contributed by atoms with E-state index in [1.165, 1.54) is 6.20 Å². The van der Waals surface area contributed by atoms with Crippen LogP contribution < -0.4 is 5.32 Å². The van der Waals surface area contributed by atoms with Crippen LogP contribution >= 0.6 is 11.6 Å². The molecule has 0 saturated carbocycles. The minimum Gasteiger partial charge on any atom is -0.343 e. The van der Waals surface area contributed by atoms with E-state index >= 15 is 0 Å². The number of aromatic nitrogens is 1. The number of pyridine rings is 1. The number of nitrogens with zero attached hydrogens (tertiary/aromatic N) is 3. The van der Waals surface area contributed by atoms with Gasteiger partial charge in [0.2, 0.25) is 5.91 Å². The second kappa shape index (κ2) is 10.4. The van der Waals surface area contributed by atoms with Crippen LogP contribution in [-0.4, -0.2) is 46.8 Å². The highest BCUT2D eigenvalue weighted by Crippen LogP contribution is 2.32. The first-order chi connectivity index (χ1) is 18.6. The van der Waals surface area contributed by atoms with Gasteiger partial charge in [0.15, 0.2) is 0 Å². The normalized spacial score (nSPS) is 16.8. The number of carbonyl (C=O) groups is 2. The van der Waals surface area contributed by atoms with E-state index in [1.807, 2.05) is 61.5 Å². The molecule has 1 saturated heterocycles. The average molecular weight is 545 g/mol. The summed E-state index contributed by atoms with van der Waals surface area (Å²) < 4.78 is 27.4. The monoisotopic (exact) mass is 544 g/mol. The van der Waals surface area contributed by atoms with Crippen molar-refractivity contribution in [3.05, 3.63) is 88.6 Å². The van der Waals surface area contributed by atoms with Crippen LogP contribution in [0, 0.1) is 11.3 Å². The molecular formula is C30H23ClF2N4O2. The molecular weight excluding hydrogens is 522 g/mol. The van der Waals surface area contributed by atoms with Gasteiger partial charge in [-0.1, -0.05) is 41.9 Å². The summed E-state index contributed by atoms with van der Waals surface area (Å²) in [4.78, 5) is 30.7. The maximum Gasteiger partial charge on any atom is 0.268 e. The van der Waals surface area contributed by atoms with Crippen molar-refractivity contribution < 1.29 is 18.4 Å². The molecule has 1 fully saturated rings. The number of likely N-dealkylation sites (tertiary alicyclic amines) is 1. The topological polar surface area (TPSA) is 86.1 Å². The zero-order chi connectivity index (χ0) is 27.7. The van der Waals surface area contributed by atoms with Gasteiger partial charge in [0, 0.05) is 23.0 Å². The zero-order valence-corrected chi connectivity index (χ0v) is 21.7. The van der Waals surface area contributed by atoms with E-state index < -0.39 is 43.3 Å². The summed E-state index contributed by atoms with van der Waals surface area (Å²) >= 11 is 6.10. The maximum absolute atomic E-state index is 13.7. The number of allylic oxidation sites excluding steroid dienone is 1. The molecule has 1 aromatic heterocycles. The fourth-order valence-corrected chi connectivity index (χ4v) is 4.97. The van der Waals surface area contributed by atoms with Crippen LogP contribution in [0.15, 0.2) is 66.9 Å². The quantitative estimate of drug-likeness (QED) is 0.308. The molecule has 0 spiro atoms. The first-order valence-corrected chi connectivity index (χ1v) is 12.6. The lowest BCUT2D eigenvalue weighted by atomic mass is 9.99. The lowest BCUT2D eigenvalue weighted by Gasteiger charge is -2.19. The van der Waals surface area contributed by atoms with Gasteiger partial charge in [-0.2, -0.15) is 5.26 Å². The molecule has 4 aromatic rings. The summed E-state index contributed by atoms with van der Waals surface area (Å²) in [6.45, 7) is 0.668. The molecule has 0 aliphatic carbocycles. The molecule has 2 heterocycles. The second-order valence-corrected chi connectivity index (χ2v) is 10.0. The number of nitrogens with one attached hydrogen (secondary N) is 1. The number of hydrogen-bond donors (Lipinski definition) is 1. The Labute approximate surface area is 228 Å². The van der Waals surface area contributed by atoms with Gasteiger partial charge in [-0.25, -0.2) is 8.78 Å². The SMILES string of the molecule is C/C(=C\c1ccc2nccc(C(=O)NCC(=O)N3CC(F)(F)CC3C#N)c2c1)c1ccc2cc(Cl)ccc2c1. The van der Waals surface area contributed by atoms with Crippen molar-refractivity contribution >= 4 is 56.7 Å². The van der Waals surface area contributed by atoms with Gasteiger partial charge in [-0.05, 0) is 70.8 Å². The van der Waals surface area contributed by atoms with Crippen molar-refractivity contribution in [2.24, 2.45) is 0 Å². The minimum absolute atomic E-state index is 0.298. The van der Waals surface area contributed by atoms with Gasteiger partial charge in [0.1, 0.15) is 6.04 Å². The van der Waals surface area contributed by atoms with Crippen molar-refractivity contribution in [2.75, 3.05) is 13.1 Å². The Kier molecular flexibility index (Phi) is 7.02. The van der Waals surface area contributed by atoms with E-state index in [0.717, 1.165) is 32.4 Å². The molecule has 3 aromatic carbocycles. The Morgan fingerprint density at radius 3 is 2.72 bits per heavy atom. The van der Waals surface area contributed by atoms with Crippen molar-refractivity contribution in [2.45, 2.75) is 25.3 Å². The first-order valence-electron chi connectivity index (χ1n) is 12.3. The molecule has 1 unspecified atom stereocenters. The molecule has 0 radical (unpaired) electrons. The number of rotatable bonds is 5. The smallest absolute Gasteiger partial charge is 0.268 e. The van der Waals surface area contributed by atoms with Crippen molar-refractivity contribution in [3.63, 3.8) is 0 Å². The lowest BCUT2D eigenvalue weighted by Crippen LogP contribution is -2.43. The van der Waals surface area contributed by atoms with Gasteiger partial charge in [-0.15, -0.1) is 0 Å². The number of halogens is 3. The number of carbonyl (C=O) groups excluding carboxylic acids is 2. The van der Waals surface area contributed by atoms with Crippen molar-refractivity contribution in [3.8, 4) is 6.07 Å². The predicted octanol–water partition coefficient (Wildman–Crippen LogP) is 6.09. The van der Waals surface area contributed by atoms with E-state index in [-0.39, 0.29) is 0 Å². The van der Waals surface area contributed by atoms with Crippen molar-refractivity contribution in [1.82, 2.24) is 15.2 Å². The molecule has 5 rings (SSSR count). The molecule has 0 bridgehead atoms. The third kappa shape index (κ3) is 5.59. The Morgan fingerprint density at radius 1 is 1.15 bits per heavy atom. The summed E-state index contributed by atoms with van der Waals surface area (Å²) in [6, 6.07) is 19.5. The third-order valence-corrected chi connectivity index (χ3v) is 7.03. The molecule has 6 nitrogen and oxygen atoms in total. The highest BCUT2D eigenvalue weighted by atomic mass is 35.5. The van der Waals surface area contributed by atoms with Gasteiger partial charge < -0.3 is 10.2 Å². The molecule has 39 heavy (non-hydrogen) atoms. The second-order valence-electron chi connectivity index (χ2n) is 9.58. The van der Waals surface area contributed by atoms with E-state index in [4.69, 9.17) is 16.9 Å². The van der Waals surface area contributed by atoms with Crippen LogP contribution in [0.25, 0.3) is 33.3 Å². The van der Waals surface area contributed by atoms with Crippen LogP contribution in [0.4, 0.5) is 8.78 Å². The number of benzene rings is 3. The summed E-state index contributed by atoms with van der Waals surface area (Å²) in [5.74, 6) is -4.40. The highest BCUT2D eigenvalue weighted by molar-refractivity contribution is 6.31. The van der Waals surface area contributed by atoms with Gasteiger partial charge >= 0.3 is 0 Å².